The highest BCUT2D eigenvalue weighted by atomic mass is 35.5. The highest BCUT2D eigenvalue weighted by Gasteiger charge is 2.45. The second-order valence-corrected chi connectivity index (χ2v) is 4.56. The zero-order valence-electron chi connectivity index (χ0n) is 11.5. The predicted molar refractivity (Wildman–Crippen MR) is 66.3 cm³/mol. The predicted octanol–water partition coefficient (Wildman–Crippen LogP) is 1.89. The van der Waals surface area contributed by atoms with Crippen LogP contribution in [0.3, 0.4) is 0 Å². The van der Waals surface area contributed by atoms with Gasteiger partial charge in [0, 0.05) is 6.54 Å². The molecule has 0 fully saturated rings. The number of hydrogen-bond acceptors (Lipinski definition) is 5. The van der Waals surface area contributed by atoms with Crippen molar-refractivity contribution in [1.82, 2.24) is 10.4 Å². The molecule has 0 aliphatic carbocycles. The number of ether oxygens (including phenoxy) is 1. The van der Waals surface area contributed by atoms with E-state index in [9.17, 15) is 22.8 Å². The zero-order valence-corrected chi connectivity index (χ0v) is 12.4. The molecule has 0 rings (SSSR count). The summed E-state index contributed by atoms with van der Waals surface area (Å²) in [5, 5.41) is 2.94. The Hall–Kier alpha value is -1.22. The Bertz CT molecular complexity index is 331. The van der Waals surface area contributed by atoms with Crippen LogP contribution in [0.5, 0.6) is 0 Å². The molecule has 0 aromatic rings. The number of hydrogen-bond donors (Lipinski definition) is 1. The van der Waals surface area contributed by atoms with Crippen molar-refractivity contribution >= 4 is 24.5 Å². The summed E-state index contributed by atoms with van der Waals surface area (Å²) in [7, 11) is 1.61. The van der Waals surface area contributed by atoms with Crippen LogP contribution in [0.15, 0.2) is 0 Å². The zero-order chi connectivity index (χ0) is 15.3. The fraction of sp³-hybridized carbons (Fsp3) is 0.800. The quantitative estimate of drug-likeness (QED) is 0.635. The number of nitrogens with zero attached hydrogens (tertiary/aromatic N) is 1. The van der Waals surface area contributed by atoms with E-state index in [0.717, 1.165) is 0 Å². The number of alkyl halides is 3. The summed E-state index contributed by atoms with van der Waals surface area (Å²) in [4.78, 5) is 26.4. The lowest BCUT2D eigenvalue weighted by Crippen LogP contribution is -2.49. The fourth-order valence-corrected chi connectivity index (χ4v) is 0.882. The van der Waals surface area contributed by atoms with Gasteiger partial charge in [-0.2, -0.15) is 13.2 Å². The van der Waals surface area contributed by atoms with E-state index < -0.39 is 23.8 Å². The maximum Gasteiger partial charge on any atom is 0.493 e. The molecule has 0 spiro atoms. The van der Waals surface area contributed by atoms with Gasteiger partial charge in [0.2, 0.25) is 0 Å². The highest BCUT2D eigenvalue weighted by molar-refractivity contribution is 5.85. The van der Waals surface area contributed by atoms with Crippen molar-refractivity contribution < 1.29 is 32.3 Å². The smallest absolute Gasteiger partial charge is 0.446 e. The third-order valence-electron chi connectivity index (χ3n) is 1.76. The lowest BCUT2D eigenvalue weighted by molar-refractivity contribution is -0.243. The van der Waals surface area contributed by atoms with E-state index >= 15 is 0 Å². The Balaban J connectivity index is 0. The molecule has 0 aliphatic heterocycles. The van der Waals surface area contributed by atoms with Crippen LogP contribution in [0.1, 0.15) is 20.8 Å². The van der Waals surface area contributed by atoms with Crippen molar-refractivity contribution in [2.24, 2.45) is 0 Å². The van der Waals surface area contributed by atoms with Gasteiger partial charge in [-0.15, -0.1) is 17.5 Å². The Morgan fingerprint density at radius 2 is 1.70 bits per heavy atom. The van der Waals surface area contributed by atoms with E-state index in [1.54, 1.807) is 7.05 Å². The summed E-state index contributed by atoms with van der Waals surface area (Å²) in [6.07, 6.45) is -6.35. The molecule has 0 bridgehead atoms. The van der Waals surface area contributed by atoms with E-state index in [0.29, 0.717) is 6.54 Å². The van der Waals surface area contributed by atoms with Gasteiger partial charge in [0.15, 0.2) is 0 Å². The molecular formula is C10H18ClF3N2O4. The third-order valence-corrected chi connectivity index (χ3v) is 1.76. The van der Waals surface area contributed by atoms with Crippen molar-refractivity contribution in [1.29, 1.82) is 0 Å². The maximum atomic E-state index is 12.1. The van der Waals surface area contributed by atoms with Gasteiger partial charge < -0.3 is 14.9 Å². The lowest BCUT2D eigenvalue weighted by Gasteiger charge is -2.32. The Morgan fingerprint density at radius 1 is 1.20 bits per heavy atom. The van der Waals surface area contributed by atoms with Gasteiger partial charge in [0.1, 0.15) is 6.61 Å². The van der Waals surface area contributed by atoms with Crippen molar-refractivity contribution in [3.63, 3.8) is 0 Å². The molecule has 0 radical (unpaired) electrons. The fourth-order valence-electron chi connectivity index (χ4n) is 0.882. The highest BCUT2D eigenvalue weighted by Crippen LogP contribution is 2.22. The van der Waals surface area contributed by atoms with Gasteiger partial charge in [-0.1, -0.05) is 0 Å². The molecule has 120 valence electrons. The number of carbonyl (C=O) groups excluding carboxylic acids is 2. The molecule has 0 unspecified atom stereocenters. The summed E-state index contributed by atoms with van der Waals surface area (Å²) >= 11 is 0. The number of amides is 1. The number of hydroxylamine groups is 2. The Kier molecular flexibility index (Phi) is 8.60. The van der Waals surface area contributed by atoms with Gasteiger partial charge >= 0.3 is 18.2 Å². The molecule has 20 heavy (non-hydrogen) atoms. The van der Waals surface area contributed by atoms with Crippen LogP contribution in [0.2, 0.25) is 0 Å². The van der Waals surface area contributed by atoms with Crippen LogP contribution < -0.4 is 5.32 Å². The molecule has 0 aromatic carbocycles. The van der Waals surface area contributed by atoms with E-state index in [-0.39, 0.29) is 24.1 Å². The topological polar surface area (TPSA) is 67.9 Å². The first-order chi connectivity index (χ1) is 8.50. The van der Waals surface area contributed by atoms with E-state index in [4.69, 9.17) is 0 Å². The molecule has 0 aliphatic rings. The molecule has 0 saturated heterocycles. The standard InChI is InChI=1S/C10H17F3N2O4.ClH/c1-9(2,3)15(8(17)18-6-5-14-4)19-7(16)10(11,12)13;/h14H,5-6H2,1-4H3;1H. The molecule has 0 saturated carbocycles. The van der Waals surface area contributed by atoms with Crippen LogP contribution in [-0.2, 0) is 14.4 Å². The van der Waals surface area contributed by atoms with Crippen molar-refractivity contribution in [3.8, 4) is 0 Å². The van der Waals surface area contributed by atoms with Crippen LogP contribution in [-0.4, -0.2) is 49.0 Å². The normalized spacial score (nSPS) is 11.3. The second kappa shape index (κ2) is 8.15. The SMILES string of the molecule is CNCCOC(=O)N(OC(=O)C(F)(F)F)C(C)(C)C.Cl. The van der Waals surface area contributed by atoms with E-state index in [1.807, 2.05) is 0 Å². The molecule has 0 aromatic heterocycles. The van der Waals surface area contributed by atoms with Gasteiger partial charge in [-0.25, -0.2) is 9.59 Å². The van der Waals surface area contributed by atoms with Gasteiger partial charge in [-0.05, 0) is 27.8 Å². The summed E-state index contributed by atoms with van der Waals surface area (Å²) < 4.78 is 41.0. The summed E-state index contributed by atoms with van der Waals surface area (Å²) in [6, 6.07) is 0. The molecule has 6 nitrogen and oxygen atoms in total. The number of halogens is 4. The first-order valence-electron chi connectivity index (χ1n) is 5.41. The maximum absolute atomic E-state index is 12.1. The number of rotatable bonds is 3. The van der Waals surface area contributed by atoms with E-state index in [2.05, 4.69) is 14.9 Å². The largest absolute Gasteiger partial charge is 0.493 e. The third kappa shape index (κ3) is 7.39. The monoisotopic (exact) mass is 322 g/mol. The molecule has 1 N–H and O–H groups in total. The van der Waals surface area contributed by atoms with Crippen LogP contribution >= 0.6 is 12.4 Å². The number of nitrogens with one attached hydrogen (secondary N) is 1. The van der Waals surface area contributed by atoms with Gasteiger partial charge in [0.05, 0.1) is 5.54 Å². The van der Waals surface area contributed by atoms with Gasteiger partial charge in [0.25, 0.3) is 0 Å². The van der Waals surface area contributed by atoms with Crippen LogP contribution in [0, 0.1) is 0 Å². The molecular weight excluding hydrogens is 305 g/mol. The number of likely N-dealkylation sites (N-methyl/N-ethyl adjacent to an activating group) is 1. The molecule has 0 heterocycles. The van der Waals surface area contributed by atoms with Gasteiger partial charge in [-0.3, -0.25) is 0 Å². The van der Waals surface area contributed by atoms with Crippen molar-refractivity contribution in [3.05, 3.63) is 0 Å². The Labute approximate surface area is 120 Å². The first-order valence-corrected chi connectivity index (χ1v) is 5.41. The minimum absolute atomic E-state index is 0. The van der Waals surface area contributed by atoms with Crippen LogP contribution in [0.4, 0.5) is 18.0 Å². The molecule has 1 amide bonds. The summed E-state index contributed by atoms with van der Waals surface area (Å²) in [5.41, 5.74) is -1.17. The lowest BCUT2D eigenvalue weighted by atomic mass is 10.1. The van der Waals surface area contributed by atoms with E-state index in [1.165, 1.54) is 20.8 Å². The molecule has 10 heteroatoms. The second-order valence-electron chi connectivity index (χ2n) is 4.56. The summed E-state index contributed by atoms with van der Waals surface area (Å²) in [6.45, 7) is 4.45. The summed E-state index contributed by atoms with van der Waals surface area (Å²) in [5.74, 6) is -2.48. The Morgan fingerprint density at radius 3 is 2.05 bits per heavy atom. The first kappa shape index (κ1) is 21.1. The molecule has 0 atom stereocenters. The minimum atomic E-state index is -5.19. The van der Waals surface area contributed by atoms with Crippen molar-refractivity contribution in [2.75, 3.05) is 20.2 Å². The number of carbonyl (C=O) groups is 2. The average Bonchev–Trinajstić information content (AvgIpc) is 2.22. The van der Waals surface area contributed by atoms with Crippen molar-refractivity contribution in [2.45, 2.75) is 32.5 Å². The minimum Gasteiger partial charge on any atom is -0.446 e. The van der Waals surface area contributed by atoms with Crippen LogP contribution in [0.25, 0.3) is 0 Å². The average molecular weight is 323 g/mol.